The molecule has 0 aromatic heterocycles. The number of rotatable bonds is 5. The average molecular weight is 569 g/mol. The number of halogens is 1. The molecule has 40 heavy (non-hydrogen) atoms. The van der Waals surface area contributed by atoms with E-state index in [1.54, 1.807) is 6.07 Å². The van der Waals surface area contributed by atoms with Crippen molar-refractivity contribution in [3.63, 3.8) is 0 Å². The molecule has 0 saturated heterocycles. The predicted octanol–water partition coefficient (Wildman–Crippen LogP) is 3.41. The molecule has 9 heteroatoms. The summed E-state index contributed by atoms with van der Waals surface area (Å²) in [6.45, 7) is 5.07. The normalized spacial score (nSPS) is 23.6. The van der Waals surface area contributed by atoms with E-state index in [-0.39, 0.29) is 23.6 Å². The van der Waals surface area contributed by atoms with Crippen molar-refractivity contribution < 1.29 is 19.1 Å². The Labute approximate surface area is 242 Å². The summed E-state index contributed by atoms with van der Waals surface area (Å²) >= 11 is 6.20. The highest BCUT2D eigenvalue weighted by molar-refractivity contribution is 6.30. The topological polar surface area (TPSA) is 109 Å². The molecule has 1 aliphatic heterocycles. The standard InChI is InChI=1S/C31H41ClN4O4/c1-20(2)28-31(39)35-26(18-21-12-13-21)29(37)34-14-6-9-23-8-3-4-11-27(23)40-16-15-33-25(30(38)36-28)19-22-7-5-10-24(32)17-22/h3-5,7-8,10-11,17,20-21,25-26,28,33H,6,9,12-16,18-19H2,1-2H3,(H,34,37)(H,35,39)(H,36,38)/t25-,26+,28?/m1/s1. The fourth-order valence-corrected chi connectivity index (χ4v) is 5.20. The largest absolute Gasteiger partial charge is 0.492 e. The first-order valence-corrected chi connectivity index (χ1v) is 14.7. The summed E-state index contributed by atoms with van der Waals surface area (Å²) in [5.74, 6) is 0.247. The Morgan fingerprint density at radius 3 is 2.48 bits per heavy atom. The molecule has 3 atom stereocenters. The number of para-hydroxylation sites is 1. The zero-order chi connectivity index (χ0) is 28.5. The lowest BCUT2D eigenvalue weighted by atomic mass is 10.00. The summed E-state index contributed by atoms with van der Waals surface area (Å²) in [5.41, 5.74) is 1.97. The van der Waals surface area contributed by atoms with Crippen molar-refractivity contribution in [3.05, 3.63) is 64.7 Å². The zero-order valence-corrected chi connectivity index (χ0v) is 24.1. The molecule has 1 heterocycles. The third kappa shape index (κ3) is 8.96. The van der Waals surface area contributed by atoms with Crippen molar-refractivity contribution >= 4 is 29.3 Å². The minimum atomic E-state index is -0.785. The molecule has 4 rings (SSSR count). The van der Waals surface area contributed by atoms with E-state index in [1.807, 2.05) is 56.3 Å². The fourth-order valence-electron chi connectivity index (χ4n) is 4.98. The summed E-state index contributed by atoms with van der Waals surface area (Å²) in [6, 6.07) is 13.3. The van der Waals surface area contributed by atoms with E-state index in [4.69, 9.17) is 16.3 Å². The summed E-state index contributed by atoms with van der Waals surface area (Å²) in [6.07, 6.45) is 4.63. The van der Waals surface area contributed by atoms with Crippen LogP contribution in [0, 0.1) is 11.8 Å². The molecule has 2 aromatic carbocycles. The van der Waals surface area contributed by atoms with Gasteiger partial charge in [0.05, 0.1) is 6.04 Å². The molecule has 4 N–H and O–H groups in total. The maximum absolute atomic E-state index is 13.6. The molecule has 1 unspecified atom stereocenters. The van der Waals surface area contributed by atoms with Gasteiger partial charge in [0, 0.05) is 18.1 Å². The van der Waals surface area contributed by atoms with Crippen LogP contribution in [-0.4, -0.2) is 55.5 Å². The van der Waals surface area contributed by atoms with Gasteiger partial charge in [0.2, 0.25) is 17.7 Å². The number of aryl methyl sites for hydroxylation is 1. The molecule has 2 aliphatic rings. The number of hydrogen-bond donors (Lipinski definition) is 4. The molecular formula is C31H41ClN4O4. The summed E-state index contributed by atoms with van der Waals surface area (Å²) < 4.78 is 6.08. The molecule has 1 saturated carbocycles. The Kier molecular flexibility index (Phi) is 10.8. The molecule has 0 bridgehead atoms. The van der Waals surface area contributed by atoms with Gasteiger partial charge in [-0.2, -0.15) is 0 Å². The predicted molar refractivity (Wildman–Crippen MR) is 156 cm³/mol. The lowest BCUT2D eigenvalue weighted by molar-refractivity contribution is -0.133. The molecule has 2 aromatic rings. The smallest absolute Gasteiger partial charge is 0.243 e. The highest BCUT2D eigenvalue weighted by atomic mass is 35.5. The lowest BCUT2D eigenvalue weighted by Crippen LogP contribution is -2.58. The maximum Gasteiger partial charge on any atom is 0.243 e. The number of nitrogens with one attached hydrogen (secondary N) is 4. The molecule has 1 aliphatic carbocycles. The van der Waals surface area contributed by atoms with E-state index < -0.39 is 18.1 Å². The van der Waals surface area contributed by atoms with Crippen LogP contribution in [0.2, 0.25) is 5.02 Å². The fraction of sp³-hybridized carbons (Fsp3) is 0.516. The third-order valence-corrected chi connectivity index (χ3v) is 7.67. The van der Waals surface area contributed by atoms with Gasteiger partial charge in [0.25, 0.3) is 0 Å². The number of carbonyl (C=O) groups excluding carboxylic acids is 3. The van der Waals surface area contributed by atoms with Gasteiger partial charge in [0.1, 0.15) is 24.4 Å². The summed E-state index contributed by atoms with van der Waals surface area (Å²) in [7, 11) is 0. The highest BCUT2D eigenvalue weighted by Gasteiger charge is 2.34. The third-order valence-electron chi connectivity index (χ3n) is 7.44. The van der Waals surface area contributed by atoms with Crippen molar-refractivity contribution in [1.82, 2.24) is 21.3 Å². The molecule has 0 radical (unpaired) electrons. The number of fused-ring (bicyclic) bond motifs is 1. The van der Waals surface area contributed by atoms with E-state index in [9.17, 15) is 14.4 Å². The summed E-state index contributed by atoms with van der Waals surface area (Å²) in [5, 5.41) is 12.8. The SMILES string of the molecule is CC(C)C1NC(=O)[C@@H](Cc2cccc(Cl)c2)NCCOc2ccccc2CCCNC(=O)[C@H](CC2CC2)NC1=O. The van der Waals surface area contributed by atoms with E-state index >= 15 is 0 Å². The number of amides is 3. The van der Waals surface area contributed by atoms with Crippen molar-refractivity contribution in [3.8, 4) is 5.75 Å². The van der Waals surface area contributed by atoms with Crippen LogP contribution < -0.4 is 26.0 Å². The minimum Gasteiger partial charge on any atom is -0.492 e. The molecule has 8 nitrogen and oxygen atoms in total. The molecule has 0 spiro atoms. The van der Waals surface area contributed by atoms with Gasteiger partial charge in [0.15, 0.2) is 0 Å². The Balaban J connectivity index is 1.56. The number of benzene rings is 2. The van der Waals surface area contributed by atoms with Crippen LogP contribution in [0.15, 0.2) is 48.5 Å². The van der Waals surface area contributed by atoms with Crippen LogP contribution in [0.1, 0.15) is 50.7 Å². The monoisotopic (exact) mass is 568 g/mol. The second kappa shape index (κ2) is 14.5. The maximum atomic E-state index is 13.6. The van der Waals surface area contributed by atoms with Gasteiger partial charge >= 0.3 is 0 Å². The lowest BCUT2D eigenvalue weighted by Gasteiger charge is -2.27. The van der Waals surface area contributed by atoms with Gasteiger partial charge in [-0.3, -0.25) is 14.4 Å². The number of ether oxygens (including phenoxy) is 1. The first-order chi connectivity index (χ1) is 19.3. The van der Waals surface area contributed by atoms with Crippen LogP contribution in [0.3, 0.4) is 0 Å². The molecule has 216 valence electrons. The van der Waals surface area contributed by atoms with E-state index in [1.165, 1.54) is 0 Å². The van der Waals surface area contributed by atoms with Crippen molar-refractivity contribution in [1.29, 1.82) is 0 Å². The second-order valence-electron chi connectivity index (χ2n) is 11.2. The van der Waals surface area contributed by atoms with E-state index in [2.05, 4.69) is 21.3 Å². The van der Waals surface area contributed by atoms with Gasteiger partial charge in [-0.25, -0.2) is 0 Å². The van der Waals surface area contributed by atoms with Crippen molar-refractivity contribution in [2.45, 2.75) is 70.5 Å². The van der Waals surface area contributed by atoms with E-state index in [0.29, 0.717) is 43.5 Å². The van der Waals surface area contributed by atoms with Crippen LogP contribution in [-0.2, 0) is 27.2 Å². The van der Waals surface area contributed by atoms with Gasteiger partial charge in [-0.05, 0) is 66.8 Å². The van der Waals surface area contributed by atoms with Crippen LogP contribution in [0.4, 0.5) is 0 Å². The Morgan fingerprint density at radius 1 is 0.925 bits per heavy atom. The number of carbonyl (C=O) groups is 3. The Hall–Kier alpha value is -3.10. The first kappa shape index (κ1) is 29.9. The average Bonchev–Trinajstić information content (AvgIpc) is 3.75. The van der Waals surface area contributed by atoms with Gasteiger partial charge in [-0.1, -0.05) is 68.6 Å². The van der Waals surface area contributed by atoms with E-state index in [0.717, 1.165) is 42.6 Å². The summed E-state index contributed by atoms with van der Waals surface area (Å²) in [4.78, 5) is 40.1. The molecule has 1 fully saturated rings. The van der Waals surface area contributed by atoms with Crippen LogP contribution in [0.5, 0.6) is 5.75 Å². The van der Waals surface area contributed by atoms with Crippen molar-refractivity contribution in [2.24, 2.45) is 11.8 Å². The Bertz CT molecular complexity index is 1170. The highest BCUT2D eigenvalue weighted by Crippen LogP contribution is 2.33. The van der Waals surface area contributed by atoms with Crippen molar-refractivity contribution in [2.75, 3.05) is 19.7 Å². The van der Waals surface area contributed by atoms with Crippen LogP contribution >= 0.6 is 11.6 Å². The number of hydrogen-bond acceptors (Lipinski definition) is 5. The molecular weight excluding hydrogens is 528 g/mol. The quantitative estimate of drug-likeness (QED) is 0.442. The zero-order valence-electron chi connectivity index (χ0n) is 23.4. The minimum absolute atomic E-state index is 0.175. The Morgan fingerprint density at radius 2 is 1.73 bits per heavy atom. The van der Waals surface area contributed by atoms with Gasteiger partial charge < -0.3 is 26.0 Å². The van der Waals surface area contributed by atoms with Gasteiger partial charge in [-0.15, -0.1) is 0 Å². The first-order valence-electron chi connectivity index (χ1n) is 14.4. The van der Waals surface area contributed by atoms with Crippen LogP contribution in [0.25, 0.3) is 0 Å². The second-order valence-corrected chi connectivity index (χ2v) is 11.6. The molecule has 3 amide bonds.